The summed E-state index contributed by atoms with van der Waals surface area (Å²) in [7, 11) is 0. The van der Waals surface area contributed by atoms with Crippen molar-refractivity contribution in [3.63, 3.8) is 0 Å². The molecule has 1 heterocycles. The predicted octanol–water partition coefficient (Wildman–Crippen LogP) is 1.96. The van der Waals surface area contributed by atoms with E-state index in [0.29, 0.717) is 18.7 Å². The molecule has 108 valence electrons. The molecule has 1 aliphatic heterocycles. The molecule has 2 rings (SSSR count). The molecule has 0 aliphatic carbocycles. The topological polar surface area (TPSA) is 64.6 Å². The van der Waals surface area contributed by atoms with Crippen LogP contribution in [0.15, 0.2) is 18.2 Å². The molecular formula is C15H19NO4. The molecule has 20 heavy (non-hydrogen) atoms. The number of ether oxygens (including phenoxy) is 2. The lowest BCUT2D eigenvalue weighted by Crippen LogP contribution is -2.27. The van der Waals surface area contributed by atoms with E-state index in [-0.39, 0.29) is 12.5 Å². The maximum Gasteiger partial charge on any atom is 0.335 e. The first-order valence-electron chi connectivity index (χ1n) is 6.71. The third-order valence-corrected chi connectivity index (χ3v) is 3.04. The number of anilines is 1. The maximum atomic E-state index is 11.7. The van der Waals surface area contributed by atoms with Crippen LogP contribution in [0.1, 0.15) is 24.0 Å². The molecule has 0 radical (unpaired) electrons. The fourth-order valence-corrected chi connectivity index (χ4v) is 2.24. The van der Waals surface area contributed by atoms with Gasteiger partial charge in [0.05, 0.1) is 0 Å². The number of carbonyl (C=O) groups is 2. The van der Waals surface area contributed by atoms with Crippen molar-refractivity contribution >= 4 is 17.6 Å². The molecule has 0 unspecified atom stereocenters. The van der Waals surface area contributed by atoms with E-state index in [2.05, 4.69) is 5.32 Å². The van der Waals surface area contributed by atoms with Crippen LogP contribution in [0.5, 0.6) is 0 Å². The zero-order valence-corrected chi connectivity index (χ0v) is 11.8. The first kappa shape index (κ1) is 14.5. The number of carbonyl (C=O) groups excluding carboxylic acids is 2. The van der Waals surface area contributed by atoms with E-state index >= 15 is 0 Å². The van der Waals surface area contributed by atoms with Crippen LogP contribution >= 0.6 is 0 Å². The standard InChI is InChI=1S/C15H19NO4/c1-10-6-11(2)8-12(7-10)16-14(17)9-20-15(18)13-4-3-5-19-13/h6-8,13H,3-5,9H2,1-2H3,(H,16,17)/t13-/m1/s1. The summed E-state index contributed by atoms with van der Waals surface area (Å²) in [6.07, 6.45) is 1.01. The van der Waals surface area contributed by atoms with Crippen molar-refractivity contribution in [1.82, 2.24) is 0 Å². The Morgan fingerprint density at radius 2 is 2.00 bits per heavy atom. The first-order chi connectivity index (χ1) is 9.54. The van der Waals surface area contributed by atoms with Gasteiger partial charge in [-0.1, -0.05) is 6.07 Å². The first-order valence-corrected chi connectivity index (χ1v) is 6.71. The van der Waals surface area contributed by atoms with Gasteiger partial charge in [0, 0.05) is 12.3 Å². The summed E-state index contributed by atoms with van der Waals surface area (Å²) < 4.78 is 10.1. The van der Waals surface area contributed by atoms with Crippen molar-refractivity contribution in [3.8, 4) is 0 Å². The van der Waals surface area contributed by atoms with Gasteiger partial charge in [0.25, 0.3) is 5.91 Å². The fourth-order valence-electron chi connectivity index (χ4n) is 2.24. The van der Waals surface area contributed by atoms with Gasteiger partial charge in [-0.3, -0.25) is 4.79 Å². The normalized spacial score (nSPS) is 17.8. The lowest BCUT2D eigenvalue weighted by Gasteiger charge is -2.10. The van der Waals surface area contributed by atoms with Crippen LogP contribution in [0, 0.1) is 13.8 Å². The molecule has 5 heteroatoms. The largest absolute Gasteiger partial charge is 0.454 e. The second-order valence-corrected chi connectivity index (χ2v) is 5.03. The minimum Gasteiger partial charge on any atom is -0.454 e. The van der Waals surface area contributed by atoms with Gasteiger partial charge in [0.2, 0.25) is 0 Å². The molecule has 1 amide bonds. The number of aryl methyl sites for hydroxylation is 2. The van der Waals surface area contributed by atoms with Crippen molar-refractivity contribution in [1.29, 1.82) is 0 Å². The highest BCUT2D eigenvalue weighted by atomic mass is 16.6. The predicted molar refractivity (Wildman–Crippen MR) is 74.5 cm³/mol. The number of hydrogen-bond donors (Lipinski definition) is 1. The molecule has 0 bridgehead atoms. The van der Waals surface area contributed by atoms with Crippen LogP contribution in [0.3, 0.4) is 0 Å². The number of nitrogens with one attached hydrogen (secondary N) is 1. The molecule has 1 aromatic rings. The Morgan fingerprint density at radius 1 is 1.30 bits per heavy atom. The van der Waals surface area contributed by atoms with Crippen molar-refractivity contribution < 1.29 is 19.1 Å². The Kier molecular flexibility index (Phi) is 4.74. The van der Waals surface area contributed by atoms with E-state index in [4.69, 9.17) is 9.47 Å². The molecule has 1 aliphatic rings. The minimum atomic E-state index is -0.510. The third kappa shape index (κ3) is 4.06. The average Bonchev–Trinajstić information content (AvgIpc) is 2.88. The molecule has 1 atom stereocenters. The third-order valence-electron chi connectivity index (χ3n) is 3.04. The smallest absolute Gasteiger partial charge is 0.335 e. The van der Waals surface area contributed by atoms with Gasteiger partial charge in [-0.25, -0.2) is 4.79 Å². The van der Waals surface area contributed by atoms with Crippen molar-refractivity contribution in [3.05, 3.63) is 29.3 Å². The maximum absolute atomic E-state index is 11.7. The van der Waals surface area contributed by atoms with Gasteiger partial charge in [0.15, 0.2) is 12.7 Å². The van der Waals surface area contributed by atoms with Gasteiger partial charge in [-0.2, -0.15) is 0 Å². The summed E-state index contributed by atoms with van der Waals surface area (Å²) >= 11 is 0. The quantitative estimate of drug-likeness (QED) is 0.854. The molecule has 1 N–H and O–H groups in total. The summed E-state index contributed by atoms with van der Waals surface area (Å²) in [4.78, 5) is 23.3. The lowest BCUT2D eigenvalue weighted by molar-refractivity contribution is -0.156. The number of benzene rings is 1. The molecule has 0 spiro atoms. The van der Waals surface area contributed by atoms with Gasteiger partial charge in [0.1, 0.15) is 0 Å². The van der Waals surface area contributed by atoms with E-state index in [0.717, 1.165) is 17.5 Å². The van der Waals surface area contributed by atoms with E-state index < -0.39 is 12.1 Å². The number of esters is 1. The van der Waals surface area contributed by atoms with Crippen LogP contribution in [0.4, 0.5) is 5.69 Å². The Morgan fingerprint density at radius 3 is 2.60 bits per heavy atom. The van der Waals surface area contributed by atoms with Gasteiger partial charge in [-0.15, -0.1) is 0 Å². The van der Waals surface area contributed by atoms with Gasteiger partial charge < -0.3 is 14.8 Å². The zero-order chi connectivity index (χ0) is 14.5. The fraction of sp³-hybridized carbons (Fsp3) is 0.467. The lowest BCUT2D eigenvalue weighted by atomic mass is 10.1. The van der Waals surface area contributed by atoms with E-state index in [1.807, 2.05) is 32.0 Å². The summed E-state index contributed by atoms with van der Waals surface area (Å²) in [6, 6.07) is 5.76. The molecule has 0 saturated carbocycles. The van der Waals surface area contributed by atoms with Gasteiger partial charge >= 0.3 is 5.97 Å². The molecule has 1 fully saturated rings. The highest BCUT2D eigenvalue weighted by Gasteiger charge is 2.25. The summed E-state index contributed by atoms with van der Waals surface area (Å²) in [5, 5.41) is 2.71. The average molecular weight is 277 g/mol. The van der Waals surface area contributed by atoms with Crippen LogP contribution in [-0.2, 0) is 19.1 Å². The zero-order valence-electron chi connectivity index (χ0n) is 11.8. The van der Waals surface area contributed by atoms with Crippen LogP contribution < -0.4 is 5.32 Å². The molecule has 1 saturated heterocycles. The highest BCUT2D eigenvalue weighted by molar-refractivity contribution is 5.93. The van der Waals surface area contributed by atoms with E-state index in [1.165, 1.54) is 0 Å². The highest BCUT2D eigenvalue weighted by Crippen LogP contribution is 2.15. The SMILES string of the molecule is Cc1cc(C)cc(NC(=O)COC(=O)[C@H]2CCCO2)c1. The van der Waals surface area contributed by atoms with E-state index in [9.17, 15) is 9.59 Å². The molecule has 1 aromatic carbocycles. The summed E-state index contributed by atoms with van der Waals surface area (Å²) in [5.74, 6) is -0.806. The Labute approximate surface area is 118 Å². The van der Waals surface area contributed by atoms with E-state index in [1.54, 1.807) is 0 Å². The number of amides is 1. The van der Waals surface area contributed by atoms with Crippen LogP contribution in [0.25, 0.3) is 0 Å². The summed E-state index contributed by atoms with van der Waals surface area (Å²) in [5.41, 5.74) is 2.84. The van der Waals surface area contributed by atoms with Crippen LogP contribution in [-0.4, -0.2) is 31.2 Å². The molecule has 0 aromatic heterocycles. The van der Waals surface area contributed by atoms with Crippen molar-refractivity contribution in [2.45, 2.75) is 32.8 Å². The number of hydrogen-bond acceptors (Lipinski definition) is 4. The van der Waals surface area contributed by atoms with Crippen molar-refractivity contribution in [2.75, 3.05) is 18.5 Å². The molecular weight excluding hydrogens is 258 g/mol. The second kappa shape index (κ2) is 6.52. The number of rotatable bonds is 4. The Hall–Kier alpha value is -1.88. The summed E-state index contributed by atoms with van der Waals surface area (Å²) in [6.45, 7) is 4.21. The minimum absolute atomic E-state index is 0.286. The van der Waals surface area contributed by atoms with Crippen LogP contribution in [0.2, 0.25) is 0 Å². The van der Waals surface area contributed by atoms with Crippen molar-refractivity contribution in [2.24, 2.45) is 0 Å². The second-order valence-electron chi connectivity index (χ2n) is 5.03. The monoisotopic (exact) mass is 277 g/mol. The Balaban J connectivity index is 1.81. The molecule has 5 nitrogen and oxygen atoms in total. The van der Waals surface area contributed by atoms with Gasteiger partial charge in [-0.05, 0) is 49.9 Å². The Bertz CT molecular complexity index is 486.